The highest BCUT2D eigenvalue weighted by Gasteiger charge is 2.17. The maximum Gasteiger partial charge on any atom is 0.214 e. The Kier molecular flexibility index (Phi) is 4.92. The Morgan fingerprint density at radius 2 is 1.96 bits per heavy atom. The van der Waals surface area contributed by atoms with Crippen molar-refractivity contribution in [2.75, 3.05) is 5.75 Å². The Morgan fingerprint density at radius 3 is 2.75 bits per heavy atom. The van der Waals surface area contributed by atoms with Crippen LogP contribution < -0.4 is 0 Å². The average molecular weight is 344 g/mol. The van der Waals surface area contributed by atoms with Crippen molar-refractivity contribution in [3.05, 3.63) is 65.0 Å². The summed E-state index contributed by atoms with van der Waals surface area (Å²) in [5.74, 6) is -0.161. The second kappa shape index (κ2) is 7.11. The Bertz CT molecular complexity index is 852. The number of hydrogen-bond donors (Lipinski definition) is 1. The molecule has 1 aromatic heterocycles. The smallest absolute Gasteiger partial charge is 0.214 e. The number of aliphatic hydroxyl groups is 1. The molecule has 0 aliphatic heterocycles. The van der Waals surface area contributed by atoms with Crippen molar-refractivity contribution in [3.8, 4) is 5.69 Å². The van der Waals surface area contributed by atoms with E-state index >= 15 is 0 Å². The lowest BCUT2D eigenvalue weighted by Crippen LogP contribution is -2.06. The fourth-order valence-corrected chi connectivity index (χ4v) is 3.21. The van der Waals surface area contributed by atoms with E-state index in [1.165, 1.54) is 17.8 Å². The largest absolute Gasteiger partial charge is 0.387 e. The van der Waals surface area contributed by atoms with Crippen LogP contribution in [-0.2, 0) is 0 Å². The first kappa shape index (κ1) is 16.6. The van der Waals surface area contributed by atoms with Gasteiger partial charge in [-0.15, -0.1) is 5.10 Å². The average Bonchev–Trinajstić information content (AvgIpc) is 3.04. The van der Waals surface area contributed by atoms with Crippen LogP contribution in [0.3, 0.4) is 0 Å². The number of benzene rings is 2. The highest BCUT2D eigenvalue weighted by molar-refractivity contribution is 7.99. The number of aryl methyl sites for hydroxylation is 1. The Morgan fingerprint density at radius 1 is 1.17 bits per heavy atom. The maximum atomic E-state index is 13.7. The zero-order valence-corrected chi connectivity index (χ0v) is 14.2. The van der Waals surface area contributed by atoms with Crippen molar-refractivity contribution in [1.29, 1.82) is 0 Å². The topological polar surface area (TPSA) is 63.8 Å². The van der Waals surface area contributed by atoms with Crippen LogP contribution >= 0.6 is 11.8 Å². The number of aromatic nitrogens is 4. The van der Waals surface area contributed by atoms with E-state index in [1.807, 2.05) is 32.0 Å². The van der Waals surface area contributed by atoms with Crippen LogP contribution in [0.5, 0.6) is 0 Å². The predicted octanol–water partition coefficient (Wildman–Crippen LogP) is 3.24. The highest BCUT2D eigenvalue weighted by atomic mass is 32.2. The van der Waals surface area contributed by atoms with Crippen LogP contribution in [0.2, 0.25) is 0 Å². The van der Waals surface area contributed by atoms with E-state index < -0.39 is 11.9 Å². The summed E-state index contributed by atoms with van der Waals surface area (Å²) in [6, 6.07) is 12.1. The molecule has 1 atom stereocenters. The van der Waals surface area contributed by atoms with Crippen molar-refractivity contribution >= 4 is 11.8 Å². The third kappa shape index (κ3) is 3.32. The van der Waals surface area contributed by atoms with E-state index in [4.69, 9.17) is 0 Å². The van der Waals surface area contributed by atoms with E-state index in [0.29, 0.717) is 5.16 Å². The van der Waals surface area contributed by atoms with Gasteiger partial charge in [0, 0.05) is 11.3 Å². The molecule has 0 fully saturated rings. The van der Waals surface area contributed by atoms with Gasteiger partial charge >= 0.3 is 0 Å². The Labute approximate surface area is 143 Å². The molecule has 0 bridgehead atoms. The van der Waals surface area contributed by atoms with Gasteiger partial charge < -0.3 is 5.11 Å². The summed E-state index contributed by atoms with van der Waals surface area (Å²) in [7, 11) is 0. The molecule has 124 valence electrons. The van der Waals surface area contributed by atoms with Gasteiger partial charge in [-0.3, -0.25) is 0 Å². The van der Waals surface area contributed by atoms with Crippen LogP contribution in [-0.4, -0.2) is 31.1 Å². The van der Waals surface area contributed by atoms with Crippen molar-refractivity contribution in [2.24, 2.45) is 0 Å². The van der Waals surface area contributed by atoms with Crippen molar-refractivity contribution in [1.82, 2.24) is 20.2 Å². The van der Waals surface area contributed by atoms with E-state index in [2.05, 4.69) is 15.5 Å². The van der Waals surface area contributed by atoms with E-state index in [-0.39, 0.29) is 11.3 Å². The molecule has 0 amide bonds. The molecule has 0 radical (unpaired) electrons. The number of nitrogens with zero attached hydrogens (tertiary/aromatic N) is 4. The second-order valence-electron chi connectivity index (χ2n) is 5.44. The molecule has 7 heteroatoms. The minimum absolute atomic E-state index is 0.256. The molecule has 0 spiro atoms. The third-order valence-corrected chi connectivity index (χ3v) is 4.87. The number of rotatable bonds is 5. The minimum atomic E-state index is -0.931. The lowest BCUT2D eigenvalue weighted by Gasteiger charge is -2.12. The molecular formula is C17H17FN4OS. The van der Waals surface area contributed by atoms with Gasteiger partial charge in [0.15, 0.2) is 0 Å². The van der Waals surface area contributed by atoms with Gasteiger partial charge in [0.2, 0.25) is 5.16 Å². The Balaban J connectivity index is 1.79. The minimum Gasteiger partial charge on any atom is -0.387 e. The molecule has 0 aliphatic carbocycles. The number of hydrogen-bond acceptors (Lipinski definition) is 5. The van der Waals surface area contributed by atoms with Gasteiger partial charge in [0.1, 0.15) is 5.82 Å². The molecule has 1 unspecified atom stereocenters. The first-order valence-electron chi connectivity index (χ1n) is 7.48. The summed E-state index contributed by atoms with van der Waals surface area (Å²) in [5, 5.41) is 22.5. The first-order chi connectivity index (χ1) is 11.6. The number of halogens is 1. The van der Waals surface area contributed by atoms with Gasteiger partial charge in [-0.1, -0.05) is 42.1 Å². The molecule has 0 saturated carbocycles. The van der Waals surface area contributed by atoms with Crippen molar-refractivity contribution in [2.45, 2.75) is 25.1 Å². The monoisotopic (exact) mass is 344 g/mol. The molecule has 1 N–H and O–H groups in total. The summed E-state index contributed by atoms with van der Waals surface area (Å²) in [6.07, 6.45) is -0.931. The third-order valence-electron chi connectivity index (χ3n) is 3.88. The molecule has 3 aromatic rings. The predicted molar refractivity (Wildman–Crippen MR) is 90.7 cm³/mol. The maximum absolute atomic E-state index is 13.7. The number of aliphatic hydroxyl groups excluding tert-OH is 1. The van der Waals surface area contributed by atoms with Crippen LogP contribution in [0.15, 0.2) is 47.6 Å². The van der Waals surface area contributed by atoms with Gasteiger partial charge in [0.25, 0.3) is 0 Å². The molecule has 0 saturated heterocycles. The van der Waals surface area contributed by atoms with Gasteiger partial charge in [0.05, 0.1) is 11.8 Å². The van der Waals surface area contributed by atoms with Gasteiger partial charge in [-0.05, 0) is 47.5 Å². The lowest BCUT2D eigenvalue weighted by atomic mass is 10.1. The summed E-state index contributed by atoms with van der Waals surface area (Å²) < 4.78 is 15.4. The molecular weight excluding hydrogens is 327 g/mol. The first-order valence-corrected chi connectivity index (χ1v) is 8.46. The van der Waals surface area contributed by atoms with Gasteiger partial charge in [-0.2, -0.15) is 4.68 Å². The standard InChI is InChI=1S/C17H17FN4OS/c1-11-6-5-9-15(12(11)2)22-17(19-20-21-22)24-10-16(23)13-7-3-4-8-14(13)18/h3-9,16,23H,10H2,1-2H3. The quantitative estimate of drug-likeness (QED) is 0.720. The van der Waals surface area contributed by atoms with Crippen LogP contribution in [0.4, 0.5) is 4.39 Å². The summed E-state index contributed by atoms with van der Waals surface area (Å²) in [5.41, 5.74) is 3.39. The fourth-order valence-electron chi connectivity index (χ4n) is 2.37. The highest BCUT2D eigenvalue weighted by Crippen LogP contribution is 2.27. The summed E-state index contributed by atoms with van der Waals surface area (Å²) in [6.45, 7) is 4.03. The van der Waals surface area contributed by atoms with Crippen molar-refractivity contribution in [3.63, 3.8) is 0 Å². The fraction of sp³-hybridized carbons (Fsp3) is 0.235. The summed E-state index contributed by atoms with van der Waals surface area (Å²) >= 11 is 1.28. The molecule has 5 nitrogen and oxygen atoms in total. The summed E-state index contributed by atoms with van der Waals surface area (Å²) in [4.78, 5) is 0. The van der Waals surface area contributed by atoms with Crippen LogP contribution in [0.25, 0.3) is 5.69 Å². The number of thioether (sulfide) groups is 1. The lowest BCUT2D eigenvalue weighted by molar-refractivity contribution is 0.199. The van der Waals surface area contributed by atoms with E-state index in [0.717, 1.165) is 16.8 Å². The SMILES string of the molecule is Cc1cccc(-n2nnnc2SCC(O)c2ccccc2F)c1C. The van der Waals surface area contributed by atoms with Gasteiger partial charge in [-0.25, -0.2) is 4.39 Å². The number of tetrazole rings is 1. The van der Waals surface area contributed by atoms with E-state index in [9.17, 15) is 9.50 Å². The zero-order chi connectivity index (χ0) is 17.1. The normalized spacial score (nSPS) is 12.3. The van der Waals surface area contributed by atoms with Crippen LogP contribution in [0, 0.1) is 19.7 Å². The second-order valence-corrected chi connectivity index (χ2v) is 6.43. The molecule has 2 aromatic carbocycles. The molecule has 0 aliphatic rings. The van der Waals surface area contributed by atoms with Crippen LogP contribution in [0.1, 0.15) is 22.8 Å². The van der Waals surface area contributed by atoms with Crippen molar-refractivity contribution < 1.29 is 9.50 Å². The Hall–Kier alpha value is -2.25. The molecule has 24 heavy (non-hydrogen) atoms. The molecule has 3 rings (SSSR count). The zero-order valence-electron chi connectivity index (χ0n) is 13.3. The molecule has 1 heterocycles. The van der Waals surface area contributed by atoms with E-state index in [1.54, 1.807) is 22.9 Å².